The predicted octanol–water partition coefficient (Wildman–Crippen LogP) is 0.0725. The molecule has 0 aromatic heterocycles. The Hall–Kier alpha value is -3.13. The first-order chi connectivity index (χ1) is 15.5. The molecular weight excluding hydrogens is 446 g/mol. The van der Waals surface area contributed by atoms with Gasteiger partial charge in [-0.05, 0) is 11.6 Å². The molecule has 1 aromatic rings. The molecule has 1 heterocycles. The zero-order valence-corrected chi connectivity index (χ0v) is 18.4. The van der Waals surface area contributed by atoms with Gasteiger partial charge >= 0.3 is 17.9 Å². The summed E-state index contributed by atoms with van der Waals surface area (Å²) in [6.45, 7) is 1.77. The van der Waals surface area contributed by atoms with Crippen molar-refractivity contribution in [2.75, 3.05) is 13.7 Å². The van der Waals surface area contributed by atoms with Gasteiger partial charge in [0, 0.05) is 45.6 Å². The Bertz CT molecular complexity index is 918. The topological polar surface area (TPSA) is 181 Å². The third-order valence-corrected chi connectivity index (χ3v) is 4.92. The number of carbonyl (C=O) groups is 3. The van der Waals surface area contributed by atoms with E-state index < -0.39 is 66.2 Å². The predicted molar refractivity (Wildman–Crippen MR) is 106 cm³/mol. The van der Waals surface area contributed by atoms with Gasteiger partial charge in [0.25, 0.3) is 5.69 Å². The molecule has 0 spiro atoms. The summed E-state index contributed by atoms with van der Waals surface area (Å²) in [5.41, 5.74) is -0.365. The van der Waals surface area contributed by atoms with Crippen LogP contribution in [0.5, 0.6) is 0 Å². The smallest absolute Gasteiger partial charge is 0.303 e. The molecule has 13 nitrogen and oxygen atoms in total. The summed E-state index contributed by atoms with van der Waals surface area (Å²) in [5, 5.41) is 31.0. The average Bonchev–Trinajstić information content (AvgIpc) is 2.75. The second kappa shape index (κ2) is 10.7. The lowest BCUT2D eigenvalue weighted by Gasteiger charge is -2.50. The molecule has 1 aromatic carbocycles. The molecule has 182 valence electrons. The number of carbonyl (C=O) groups excluding carboxylic acids is 3. The lowest BCUT2D eigenvalue weighted by Crippen LogP contribution is -2.67. The second-order valence-electron chi connectivity index (χ2n) is 7.15. The SMILES string of the molecule is CO[C@]1(c2ccc([N+](=O)[O-])cc2CO)O[C@H](CO)[C@@H](OC(C)=O)[C@H](OC(C)=O)[C@H]1OC(C)=O. The van der Waals surface area contributed by atoms with E-state index in [1.807, 2.05) is 0 Å². The molecule has 0 radical (unpaired) electrons. The highest BCUT2D eigenvalue weighted by atomic mass is 16.7. The number of nitro benzene ring substituents is 1. The number of aliphatic hydroxyl groups is 2. The minimum atomic E-state index is -2.12. The van der Waals surface area contributed by atoms with E-state index >= 15 is 0 Å². The third kappa shape index (κ3) is 5.45. The number of nitro groups is 1. The van der Waals surface area contributed by atoms with Crippen LogP contribution in [0.2, 0.25) is 0 Å². The molecule has 2 N–H and O–H groups in total. The standard InChI is InChI=1S/C20H25NO12/c1-10(24)30-17-16(9-23)33-20(29-4,19(32-12(3)26)18(17)31-11(2)25)15-6-5-14(21(27)28)7-13(15)8-22/h5-7,16-19,22-23H,8-9H2,1-4H3/t16-,17-,18+,19-,20-/m1/s1. The van der Waals surface area contributed by atoms with Crippen molar-refractivity contribution in [1.82, 2.24) is 0 Å². The maximum atomic E-state index is 12.0. The van der Waals surface area contributed by atoms with Crippen LogP contribution in [0, 0.1) is 10.1 Å². The van der Waals surface area contributed by atoms with Gasteiger partial charge in [-0.3, -0.25) is 24.5 Å². The number of ether oxygens (including phenoxy) is 5. The van der Waals surface area contributed by atoms with E-state index in [9.17, 15) is 34.7 Å². The van der Waals surface area contributed by atoms with E-state index in [4.69, 9.17) is 23.7 Å². The van der Waals surface area contributed by atoms with E-state index in [1.165, 1.54) is 6.07 Å². The van der Waals surface area contributed by atoms with E-state index in [0.29, 0.717) is 0 Å². The largest absolute Gasteiger partial charge is 0.456 e. The van der Waals surface area contributed by atoms with Gasteiger partial charge in [0.1, 0.15) is 6.10 Å². The van der Waals surface area contributed by atoms with Crippen molar-refractivity contribution in [2.45, 2.75) is 57.6 Å². The minimum absolute atomic E-state index is 0.00114. The molecule has 0 bridgehead atoms. The molecule has 1 aliphatic heterocycles. The van der Waals surface area contributed by atoms with Gasteiger partial charge in [-0.15, -0.1) is 0 Å². The lowest BCUT2D eigenvalue weighted by atomic mass is 9.85. The fraction of sp³-hybridized carbons (Fsp3) is 0.550. The first kappa shape index (κ1) is 26.1. The fourth-order valence-electron chi connectivity index (χ4n) is 3.73. The normalized spacial score (nSPS) is 26.8. The summed E-state index contributed by atoms with van der Waals surface area (Å²) in [5.74, 6) is -4.59. The number of hydrogen-bond donors (Lipinski definition) is 2. The Morgan fingerprint density at radius 1 is 1.06 bits per heavy atom. The van der Waals surface area contributed by atoms with Crippen LogP contribution in [0.15, 0.2) is 18.2 Å². The van der Waals surface area contributed by atoms with Crippen molar-refractivity contribution in [2.24, 2.45) is 0 Å². The number of non-ortho nitro benzene ring substituents is 1. The Balaban J connectivity index is 2.79. The van der Waals surface area contributed by atoms with Crippen LogP contribution < -0.4 is 0 Å². The molecule has 13 heteroatoms. The number of benzene rings is 1. The van der Waals surface area contributed by atoms with Gasteiger partial charge < -0.3 is 33.9 Å². The molecule has 2 rings (SSSR count). The summed E-state index contributed by atoms with van der Waals surface area (Å²) >= 11 is 0. The summed E-state index contributed by atoms with van der Waals surface area (Å²) < 4.78 is 27.5. The first-order valence-corrected chi connectivity index (χ1v) is 9.74. The molecule has 1 saturated heterocycles. The van der Waals surface area contributed by atoms with Crippen molar-refractivity contribution in [3.63, 3.8) is 0 Å². The zero-order chi connectivity index (χ0) is 24.9. The molecule has 0 unspecified atom stereocenters. The molecule has 5 atom stereocenters. The summed E-state index contributed by atoms with van der Waals surface area (Å²) in [6.07, 6.45) is -5.86. The van der Waals surface area contributed by atoms with Crippen LogP contribution in [-0.4, -0.2) is 71.2 Å². The Kier molecular flexibility index (Phi) is 8.44. The molecule has 1 aliphatic rings. The average molecular weight is 471 g/mol. The second-order valence-corrected chi connectivity index (χ2v) is 7.15. The molecular formula is C20H25NO12. The maximum absolute atomic E-state index is 12.0. The van der Waals surface area contributed by atoms with Gasteiger partial charge in [0.2, 0.25) is 11.9 Å². The van der Waals surface area contributed by atoms with Crippen LogP contribution in [0.25, 0.3) is 0 Å². The maximum Gasteiger partial charge on any atom is 0.303 e. The molecule has 0 aliphatic carbocycles. The number of esters is 3. The number of hydrogen-bond acceptors (Lipinski definition) is 12. The highest BCUT2D eigenvalue weighted by molar-refractivity contribution is 5.68. The van der Waals surface area contributed by atoms with E-state index in [1.54, 1.807) is 0 Å². The van der Waals surface area contributed by atoms with Gasteiger partial charge in [-0.1, -0.05) is 0 Å². The van der Waals surface area contributed by atoms with Crippen molar-refractivity contribution >= 4 is 23.6 Å². The molecule has 0 amide bonds. The molecule has 0 saturated carbocycles. The minimum Gasteiger partial charge on any atom is -0.456 e. The van der Waals surface area contributed by atoms with Crippen molar-refractivity contribution in [3.8, 4) is 0 Å². The van der Waals surface area contributed by atoms with Crippen LogP contribution in [0.3, 0.4) is 0 Å². The lowest BCUT2D eigenvalue weighted by molar-refractivity contribution is -0.385. The van der Waals surface area contributed by atoms with Gasteiger partial charge in [0.15, 0.2) is 12.2 Å². The van der Waals surface area contributed by atoms with Crippen LogP contribution in [-0.2, 0) is 50.5 Å². The molecule has 33 heavy (non-hydrogen) atoms. The third-order valence-electron chi connectivity index (χ3n) is 4.92. The van der Waals surface area contributed by atoms with Crippen molar-refractivity contribution in [3.05, 3.63) is 39.4 Å². The van der Waals surface area contributed by atoms with Gasteiger partial charge in [-0.2, -0.15) is 0 Å². The Morgan fingerprint density at radius 2 is 1.64 bits per heavy atom. The highest BCUT2D eigenvalue weighted by Gasteiger charge is 2.61. The van der Waals surface area contributed by atoms with Crippen LogP contribution in [0.1, 0.15) is 31.9 Å². The van der Waals surface area contributed by atoms with E-state index in [0.717, 1.165) is 40.0 Å². The van der Waals surface area contributed by atoms with Crippen LogP contribution in [0.4, 0.5) is 5.69 Å². The Labute approximate surface area is 188 Å². The zero-order valence-electron chi connectivity index (χ0n) is 18.4. The monoisotopic (exact) mass is 471 g/mol. The van der Waals surface area contributed by atoms with Gasteiger partial charge in [0.05, 0.1) is 18.1 Å². The van der Waals surface area contributed by atoms with E-state index in [-0.39, 0.29) is 16.8 Å². The number of aliphatic hydroxyl groups excluding tert-OH is 2. The number of nitrogens with zero attached hydrogens (tertiary/aromatic N) is 1. The summed E-state index contributed by atoms with van der Waals surface area (Å²) in [7, 11) is 1.16. The highest BCUT2D eigenvalue weighted by Crippen LogP contribution is 2.44. The summed E-state index contributed by atoms with van der Waals surface area (Å²) in [6, 6.07) is 3.39. The summed E-state index contributed by atoms with van der Waals surface area (Å²) in [4.78, 5) is 46.1. The van der Waals surface area contributed by atoms with Crippen LogP contribution >= 0.6 is 0 Å². The molecule has 1 fully saturated rings. The van der Waals surface area contributed by atoms with Crippen molar-refractivity contribution in [1.29, 1.82) is 0 Å². The van der Waals surface area contributed by atoms with Crippen molar-refractivity contribution < 1.29 is 53.2 Å². The van der Waals surface area contributed by atoms with Gasteiger partial charge in [-0.25, -0.2) is 0 Å². The Morgan fingerprint density at radius 3 is 2.09 bits per heavy atom. The fourth-order valence-corrected chi connectivity index (χ4v) is 3.73. The number of methoxy groups -OCH3 is 1. The first-order valence-electron chi connectivity index (χ1n) is 9.74. The number of rotatable bonds is 8. The quantitative estimate of drug-likeness (QED) is 0.226. The van der Waals surface area contributed by atoms with E-state index in [2.05, 4.69) is 0 Å².